The Morgan fingerprint density at radius 2 is 2.05 bits per heavy atom. The van der Waals surface area contributed by atoms with E-state index in [1.807, 2.05) is 18.2 Å². The number of benzene rings is 1. The number of fused-ring (bicyclic) bond motifs is 2. The lowest BCUT2D eigenvalue weighted by atomic mass is 9.95. The average Bonchev–Trinajstić information content (AvgIpc) is 3.02. The van der Waals surface area contributed by atoms with Crippen LogP contribution in [0.5, 0.6) is 11.5 Å². The zero-order chi connectivity index (χ0) is 14.6. The van der Waals surface area contributed by atoms with Crippen molar-refractivity contribution in [1.29, 1.82) is 0 Å². The maximum Gasteiger partial charge on any atom is 0.231 e. The van der Waals surface area contributed by atoms with Gasteiger partial charge in [-0.2, -0.15) is 0 Å². The molecule has 110 valence electrons. The molecule has 21 heavy (non-hydrogen) atoms. The van der Waals surface area contributed by atoms with Crippen molar-refractivity contribution in [3.8, 4) is 22.8 Å². The van der Waals surface area contributed by atoms with Crippen LogP contribution in [0.2, 0.25) is 0 Å². The van der Waals surface area contributed by atoms with Crippen LogP contribution in [-0.2, 0) is 6.42 Å². The van der Waals surface area contributed by atoms with Gasteiger partial charge in [-0.3, -0.25) is 0 Å². The van der Waals surface area contributed by atoms with E-state index >= 15 is 0 Å². The molecule has 0 aliphatic carbocycles. The van der Waals surface area contributed by atoms with Gasteiger partial charge in [0.25, 0.3) is 0 Å². The molecule has 0 amide bonds. The van der Waals surface area contributed by atoms with E-state index in [1.54, 1.807) is 0 Å². The minimum absolute atomic E-state index is 0.280. The maximum atomic E-state index is 6.37. The van der Waals surface area contributed by atoms with E-state index in [0.717, 1.165) is 47.2 Å². The molecule has 5 heteroatoms. The molecule has 0 saturated carbocycles. The van der Waals surface area contributed by atoms with Crippen molar-refractivity contribution in [2.45, 2.75) is 32.7 Å². The first-order chi connectivity index (χ1) is 10.1. The zero-order valence-corrected chi connectivity index (χ0v) is 12.3. The first kappa shape index (κ1) is 12.6. The lowest BCUT2D eigenvalue weighted by Gasteiger charge is -2.27. The SMILES string of the molecule is CC1Cc2nc(-c3ccc4c(c3)OCO4)c(N)n2C(C)C1. The van der Waals surface area contributed by atoms with Gasteiger partial charge >= 0.3 is 0 Å². The van der Waals surface area contributed by atoms with Gasteiger partial charge in [0.05, 0.1) is 0 Å². The molecular weight excluding hydrogens is 266 g/mol. The molecule has 0 radical (unpaired) electrons. The molecule has 2 aliphatic heterocycles. The fourth-order valence-electron chi connectivity index (χ4n) is 3.47. The second-order valence-corrected chi connectivity index (χ2v) is 6.09. The van der Waals surface area contributed by atoms with E-state index in [-0.39, 0.29) is 6.79 Å². The first-order valence-corrected chi connectivity index (χ1v) is 7.40. The Balaban J connectivity index is 1.81. The molecule has 4 rings (SSSR count). The van der Waals surface area contributed by atoms with Crippen LogP contribution in [0.1, 0.15) is 32.1 Å². The van der Waals surface area contributed by atoms with Crippen LogP contribution in [-0.4, -0.2) is 16.3 Å². The van der Waals surface area contributed by atoms with E-state index in [4.69, 9.17) is 20.2 Å². The number of ether oxygens (including phenoxy) is 2. The second-order valence-electron chi connectivity index (χ2n) is 6.09. The normalized spacial score (nSPS) is 23.1. The lowest BCUT2D eigenvalue weighted by molar-refractivity contribution is 0.174. The molecule has 2 atom stereocenters. The number of nitrogen functional groups attached to an aromatic ring is 1. The van der Waals surface area contributed by atoms with Crippen LogP contribution in [0.4, 0.5) is 5.82 Å². The molecule has 5 nitrogen and oxygen atoms in total. The highest BCUT2D eigenvalue weighted by Crippen LogP contribution is 2.40. The van der Waals surface area contributed by atoms with Crippen molar-refractivity contribution < 1.29 is 9.47 Å². The third kappa shape index (κ3) is 1.87. The number of anilines is 1. The molecule has 2 aliphatic rings. The van der Waals surface area contributed by atoms with Gasteiger partial charge < -0.3 is 19.8 Å². The Kier molecular flexibility index (Phi) is 2.64. The van der Waals surface area contributed by atoms with Crippen LogP contribution in [0.25, 0.3) is 11.3 Å². The summed E-state index contributed by atoms with van der Waals surface area (Å²) in [6.45, 7) is 4.76. The molecule has 0 bridgehead atoms. The summed E-state index contributed by atoms with van der Waals surface area (Å²) in [7, 11) is 0. The molecule has 1 aromatic heterocycles. The van der Waals surface area contributed by atoms with E-state index in [2.05, 4.69) is 18.4 Å². The molecule has 0 saturated heterocycles. The molecule has 1 aromatic carbocycles. The summed E-state index contributed by atoms with van der Waals surface area (Å²) in [5.41, 5.74) is 8.20. The van der Waals surface area contributed by atoms with Gasteiger partial charge in [0.15, 0.2) is 11.5 Å². The Labute approximate surface area is 123 Å². The number of aromatic nitrogens is 2. The second kappa shape index (κ2) is 4.41. The monoisotopic (exact) mass is 285 g/mol. The van der Waals surface area contributed by atoms with Gasteiger partial charge in [0.1, 0.15) is 17.3 Å². The summed E-state index contributed by atoms with van der Waals surface area (Å²) in [4.78, 5) is 4.79. The Bertz CT molecular complexity index is 708. The van der Waals surface area contributed by atoms with Crippen molar-refractivity contribution in [2.75, 3.05) is 12.5 Å². The van der Waals surface area contributed by atoms with Gasteiger partial charge in [0.2, 0.25) is 6.79 Å². The Morgan fingerprint density at radius 1 is 1.24 bits per heavy atom. The summed E-state index contributed by atoms with van der Waals surface area (Å²) in [5, 5.41) is 0. The third-order valence-corrected chi connectivity index (χ3v) is 4.38. The third-order valence-electron chi connectivity index (χ3n) is 4.38. The molecule has 0 fully saturated rings. The van der Waals surface area contributed by atoms with Crippen LogP contribution in [0.3, 0.4) is 0 Å². The predicted octanol–water partition coefficient (Wildman–Crippen LogP) is 3.00. The van der Waals surface area contributed by atoms with Crippen molar-refractivity contribution in [3.63, 3.8) is 0 Å². The van der Waals surface area contributed by atoms with E-state index in [1.165, 1.54) is 0 Å². The van der Waals surface area contributed by atoms with Gasteiger partial charge in [-0.05, 0) is 37.5 Å². The fraction of sp³-hybridized carbons (Fsp3) is 0.438. The standard InChI is InChI=1S/C16H19N3O2/c1-9-5-10(2)19-14(6-9)18-15(16(19)17)11-3-4-12-13(7-11)21-8-20-12/h3-4,7,9-10H,5-6,8,17H2,1-2H3. The Hall–Kier alpha value is -2.17. The highest BCUT2D eigenvalue weighted by molar-refractivity contribution is 5.73. The molecule has 0 spiro atoms. The molecular formula is C16H19N3O2. The van der Waals surface area contributed by atoms with E-state index in [0.29, 0.717) is 12.0 Å². The summed E-state index contributed by atoms with van der Waals surface area (Å²) in [6.07, 6.45) is 2.13. The predicted molar refractivity (Wildman–Crippen MR) is 80.4 cm³/mol. The van der Waals surface area contributed by atoms with E-state index < -0.39 is 0 Å². The summed E-state index contributed by atoms with van der Waals surface area (Å²) in [5.74, 6) is 4.04. The lowest BCUT2D eigenvalue weighted by Crippen LogP contribution is -2.22. The van der Waals surface area contributed by atoms with Crippen LogP contribution in [0, 0.1) is 5.92 Å². The van der Waals surface area contributed by atoms with Crippen LogP contribution in [0.15, 0.2) is 18.2 Å². The highest BCUT2D eigenvalue weighted by Gasteiger charge is 2.27. The topological polar surface area (TPSA) is 62.3 Å². The van der Waals surface area contributed by atoms with Gasteiger partial charge in [-0.25, -0.2) is 4.98 Å². The van der Waals surface area contributed by atoms with Crippen LogP contribution < -0.4 is 15.2 Å². The van der Waals surface area contributed by atoms with Gasteiger partial charge in [0, 0.05) is 18.0 Å². The number of rotatable bonds is 1. The highest BCUT2D eigenvalue weighted by atomic mass is 16.7. The molecule has 2 unspecified atom stereocenters. The Morgan fingerprint density at radius 3 is 2.90 bits per heavy atom. The van der Waals surface area contributed by atoms with Crippen molar-refractivity contribution in [3.05, 3.63) is 24.0 Å². The number of hydrogen-bond donors (Lipinski definition) is 1. The van der Waals surface area contributed by atoms with E-state index in [9.17, 15) is 0 Å². The number of nitrogens with zero attached hydrogens (tertiary/aromatic N) is 2. The summed E-state index contributed by atoms with van der Waals surface area (Å²) < 4.78 is 13.0. The summed E-state index contributed by atoms with van der Waals surface area (Å²) >= 11 is 0. The van der Waals surface area contributed by atoms with Crippen molar-refractivity contribution >= 4 is 5.82 Å². The molecule has 3 heterocycles. The molecule has 2 aromatic rings. The maximum absolute atomic E-state index is 6.37. The molecule has 2 N–H and O–H groups in total. The largest absolute Gasteiger partial charge is 0.454 e. The minimum atomic E-state index is 0.280. The van der Waals surface area contributed by atoms with Gasteiger partial charge in [-0.1, -0.05) is 6.92 Å². The number of nitrogens with two attached hydrogens (primary N) is 1. The zero-order valence-electron chi connectivity index (χ0n) is 12.3. The smallest absolute Gasteiger partial charge is 0.231 e. The average molecular weight is 285 g/mol. The van der Waals surface area contributed by atoms with Crippen molar-refractivity contribution in [2.24, 2.45) is 5.92 Å². The summed E-state index contributed by atoms with van der Waals surface area (Å²) in [6, 6.07) is 6.27. The van der Waals surface area contributed by atoms with Gasteiger partial charge in [-0.15, -0.1) is 0 Å². The minimum Gasteiger partial charge on any atom is -0.454 e. The number of imidazole rings is 1. The fourth-order valence-corrected chi connectivity index (χ4v) is 3.47. The first-order valence-electron chi connectivity index (χ1n) is 7.40. The van der Waals surface area contributed by atoms with Crippen LogP contribution >= 0.6 is 0 Å². The quantitative estimate of drug-likeness (QED) is 0.875. The number of hydrogen-bond acceptors (Lipinski definition) is 4. The van der Waals surface area contributed by atoms with Crippen molar-refractivity contribution in [1.82, 2.24) is 9.55 Å².